The van der Waals surface area contributed by atoms with Crippen LogP contribution in [0.25, 0.3) is 0 Å². The molecule has 0 saturated heterocycles. The van der Waals surface area contributed by atoms with E-state index in [9.17, 15) is 4.79 Å². The van der Waals surface area contributed by atoms with Gasteiger partial charge in [-0.1, -0.05) is 37.8 Å². The Balaban J connectivity index is 2.45. The highest BCUT2D eigenvalue weighted by atomic mass is 28.3. The first-order valence-corrected chi connectivity index (χ1v) is 10.1. The molecule has 1 rings (SSSR count). The van der Waals surface area contributed by atoms with Crippen LogP contribution in [0, 0.1) is 5.41 Å². The standard InChI is InChI=1S/C14H22N2O2Si/c1-19(2,3)9-8-18-11-16-14-7-5-4-6-12(14)13(15)10-17/h4-7,10,15-16H,8-9,11H2,1-3H3. The van der Waals surface area contributed by atoms with Crippen molar-refractivity contribution in [3.8, 4) is 0 Å². The second-order valence-corrected chi connectivity index (χ2v) is 11.2. The summed E-state index contributed by atoms with van der Waals surface area (Å²) in [6.45, 7) is 8.07. The van der Waals surface area contributed by atoms with E-state index in [1.165, 1.54) is 0 Å². The second kappa shape index (κ2) is 7.21. The lowest BCUT2D eigenvalue weighted by Crippen LogP contribution is -2.22. The molecule has 1 aromatic carbocycles. The molecule has 5 heteroatoms. The molecule has 0 amide bonds. The molecule has 0 atom stereocenters. The Labute approximate surface area is 115 Å². The molecular weight excluding hydrogens is 256 g/mol. The fraction of sp³-hybridized carbons (Fsp3) is 0.429. The zero-order valence-corrected chi connectivity index (χ0v) is 12.8. The maximum absolute atomic E-state index is 10.7. The summed E-state index contributed by atoms with van der Waals surface area (Å²) in [7, 11) is -1.05. The minimum Gasteiger partial charge on any atom is -0.362 e. The largest absolute Gasteiger partial charge is 0.362 e. The lowest BCUT2D eigenvalue weighted by molar-refractivity contribution is -0.102. The van der Waals surface area contributed by atoms with Crippen molar-refractivity contribution < 1.29 is 9.53 Å². The SMILES string of the molecule is C[Si](C)(C)CCOCNc1ccccc1C(=N)C=O. The van der Waals surface area contributed by atoms with E-state index in [2.05, 4.69) is 25.0 Å². The lowest BCUT2D eigenvalue weighted by Gasteiger charge is -2.16. The molecule has 0 spiro atoms. The molecule has 0 unspecified atom stereocenters. The van der Waals surface area contributed by atoms with Crippen molar-refractivity contribution in [2.24, 2.45) is 0 Å². The van der Waals surface area contributed by atoms with Crippen LogP contribution in [0.1, 0.15) is 5.56 Å². The summed E-state index contributed by atoms with van der Waals surface area (Å²) in [6.07, 6.45) is 0.548. The molecule has 4 nitrogen and oxygen atoms in total. The Bertz CT molecular complexity index is 441. The smallest absolute Gasteiger partial charge is 0.168 e. The number of carbonyl (C=O) groups is 1. The van der Waals surface area contributed by atoms with Gasteiger partial charge in [0.1, 0.15) is 12.4 Å². The molecule has 1 aromatic rings. The molecule has 2 N–H and O–H groups in total. The minimum absolute atomic E-state index is 0.0230. The third kappa shape index (κ3) is 5.80. The van der Waals surface area contributed by atoms with E-state index in [1.54, 1.807) is 6.07 Å². The number of hydrogen-bond acceptors (Lipinski definition) is 4. The summed E-state index contributed by atoms with van der Waals surface area (Å²) in [4.78, 5) is 10.7. The highest BCUT2D eigenvalue weighted by molar-refractivity contribution is 6.76. The molecule has 0 aliphatic rings. The number of carbonyl (C=O) groups excluding carboxylic acids is 1. The van der Waals surface area contributed by atoms with Crippen LogP contribution in [0.3, 0.4) is 0 Å². The summed E-state index contributed by atoms with van der Waals surface area (Å²) >= 11 is 0. The van der Waals surface area contributed by atoms with E-state index < -0.39 is 8.07 Å². The number of anilines is 1. The molecule has 0 bridgehead atoms. The molecular formula is C14H22N2O2Si. The average molecular weight is 278 g/mol. The van der Waals surface area contributed by atoms with Crippen molar-refractivity contribution in [1.82, 2.24) is 0 Å². The molecule has 0 aliphatic heterocycles. The normalized spacial score (nSPS) is 11.1. The average Bonchev–Trinajstić information content (AvgIpc) is 2.36. The van der Waals surface area contributed by atoms with Gasteiger partial charge in [-0.05, 0) is 12.1 Å². The second-order valence-electron chi connectivity index (χ2n) is 5.62. The van der Waals surface area contributed by atoms with Gasteiger partial charge in [-0.2, -0.15) is 0 Å². The van der Waals surface area contributed by atoms with Crippen molar-refractivity contribution in [1.29, 1.82) is 5.41 Å². The Morgan fingerprint density at radius 2 is 2.05 bits per heavy atom. The summed E-state index contributed by atoms with van der Waals surface area (Å²) in [5.74, 6) is 0. The number of benzene rings is 1. The van der Waals surface area contributed by atoms with Crippen LogP contribution in [0.4, 0.5) is 5.69 Å². The molecule has 0 radical (unpaired) electrons. The van der Waals surface area contributed by atoms with Gasteiger partial charge in [0.25, 0.3) is 0 Å². The summed E-state index contributed by atoms with van der Waals surface area (Å²) in [5, 5.41) is 10.7. The molecule has 0 saturated carbocycles. The molecule has 104 valence electrons. The van der Waals surface area contributed by atoms with Crippen molar-refractivity contribution >= 4 is 25.8 Å². The zero-order valence-electron chi connectivity index (χ0n) is 11.8. The molecule has 19 heavy (non-hydrogen) atoms. The Morgan fingerprint density at radius 1 is 1.37 bits per heavy atom. The highest BCUT2D eigenvalue weighted by Crippen LogP contribution is 2.15. The predicted molar refractivity (Wildman–Crippen MR) is 81.9 cm³/mol. The van der Waals surface area contributed by atoms with Crippen LogP contribution < -0.4 is 5.32 Å². The van der Waals surface area contributed by atoms with E-state index in [-0.39, 0.29) is 5.71 Å². The first-order valence-electron chi connectivity index (χ1n) is 6.39. The van der Waals surface area contributed by atoms with Crippen LogP contribution in [0.15, 0.2) is 24.3 Å². The van der Waals surface area contributed by atoms with Gasteiger partial charge < -0.3 is 10.1 Å². The van der Waals surface area contributed by atoms with Crippen molar-refractivity contribution in [3.05, 3.63) is 29.8 Å². The monoisotopic (exact) mass is 278 g/mol. The number of rotatable bonds is 8. The van der Waals surface area contributed by atoms with Crippen LogP contribution >= 0.6 is 0 Å². The van der Waals surface area contributed by atoms with Crippen molar-refractivity contribution in [3.63, 3.8) is 0 Å². The maximum atomic E-state index is 10.7. The van der Waals surface area contributed by atoms with Gasteiger partial charge in [-0.15, -0.1) is 0 Å². The first-order chi connectivity index (χ1) is 8.94. The Hall–Kier alpha value is -1.46. The van der Waals surface area contributed by atoms with Crippen LogP contribution in [0.2, 0.25) is 25.7 Å². The van der Waals surface area contributed by atoms with Crippen molar-refractivity contribution in [2.45, 2.75) is 25.7 Å². The Morgan fingerprint density at radius 3 is 2.68 bits per heavy atom. The fourth-order valence-electron chi connectivity index (χ4n) is 1.51. The molecule has 0 heterocycles. The van der Waals surface area contributed by atoms with Crippen LogP contribution in [-0.4, -0.2) is 33.4 Å². The third-order valence-electron chi connectivity index (χ3n) is 2.70. The topological polar surface area (TPSA) is 62.2 Å². The van der Waals surface area contributed by atoms with Gasteiger partial charge in [-0.3, -0.25) is 10.2 Å². The van der Waals surface area contributed by atoms with E-state index in [0.29, 0.717) is 18.6 Å². The summed E-state index contributed by atoms with van der Waals surface area (Å²) in [5.41, 5.74) is 1.34. The lowest BCUT2D eigenvalue weighted by atomic mass is 10.1. The van der Waals surface area contributed by atoms with E-state index in [4.69, 9.17) is 10.1 Å². The molecule has 0 fully saturated rings. The maximum Gasteiger partial charge on any atom is 0.168 e. The highest BCUT2D eigenvalue weighted by Gasteiger charge is 2.12. The minimum atomic E-state index is -1.05. The van der Waals surface area contributed by atoms with Crippen LogP contribution in [-0.2, 0) is 9.53 Å². The van der Waals surface area contributed by atoms with E-state index in [1.807, 2.05) is 18.2 Å². The van der Waals surface area contributed by atoms with Crippen LogP contribution in [0.5, 0.6) is 0 Å². The summed E-state index contributed by atoms with van der Waals surface area (Å²) < 4.78 is 5.55. The first kappa shape index (κ1) is 15.6. The number of aldehydes is 1. The molecule has 0 aliphatic carbocycles. The van der Waals surface area contributed by atoms with E-state index >= 15 is 0 Å². The number of para-hydroxylation sites is 1. The van der Waals surface area contributed by atoms with Crippen molar-refractivity contribution in [2.75, 3.05) is 18.7 Å². The zero-order chi connectivity index (χ0) is 14.3. The summed E-state index contributed by atoms with van der Waals surface area (Å²) in [6, 6.07) is 8.40. The number of hydrogen-bond donors (Lipinski definition) is 2. The quantitative estimate of drug-likeness (QED) is 0.253. The van der Waals surface area contributed by atoms with Gasteiger partial charge in [0.15, 0.2) is 6.29 Å². The predicted octanol–water partition coefficient (Wildman–Crippen LogP) is 2.98. The fourth-order valence-corrected chi connectivity index (χ4v) is 2.27. The van der Waals surface area contributed by atoms with E-state index in [0.717, 1.165) is 18.3 Å². The van der Waals surface area contributed by atoms with Gasteiger partial charge in [-0.25, -0.2) is 0 Å². The van der Waals surface area contributed by atoms with Gasteiger partial charge in [0.2, 0.25) is 0 Å². The number of ether oxygens (including phenoxy) is 1. The van der Waals surface area contributed by atoms with Gasteiger partial charge in [0, 0.05) is 25.9 Å². The third-order valence-corrected chi connectivity index (χ3v) is 4.40. The number of nitrogens with one attached hydrogen (secondary N) is 2. The van der Waals surface area contributed by atoms with Gasteiger partial charge in [0.05, 0.1) is 0 Å². The molecule has 0 aromatic heterocycles. The Kier molecular flexibility index (Phi) is 5.91. The van der Waals surface area contributed by atoms with Gasteiger partial charge >= 0.3 is 0 Å².